The van der Waals surface area contributed by atoms with Gasteiger partial charge < -0.3 is 10.2 Å². The van der Waals surface area contributed by atoms with Gasteiger partial charge in [-0.15, -0.1) is 12.3 Å². The van der Waals surface area contributed by atoms with Crippen molar-refractivity contribution >= 4 is 5.97 Å². The zero-order valence-corrected chi connectivity index (χ0v) is 19.5. The van der Waals surface area contributed by atoms with Crippen molar-refractivity contribution in [2.24, 2.45) is 0 Å². The zero-order chi connectivity index (χ0) is 23.5. The Morgan fingerprint density at radius 1 is 0.781 bits per heavy atom. The van der Waals surface area contributed by atoms with Gasteiger partial charge in [-0.1, -0.05) is 80.6 Å². The summed E-state index contributed by atoms with van der Waals surface area (Å²) in [7, 11) is 0. The lowest BCUT2D eigenvalue weighted by Crippen LogP contribution is -1.95. The summed E-state index contributed by atoms with van der Waals surface area (Å²) in [5, 5.41) is 17.6. The van der Waals surface area contributed by atoms with E-state index in [1.807, 2.05) is 12.2 Å². The molecule has 0 aliphatic rings. The smallest absolute Gasteiger partial charge is 0.382 e. The topological polar surface area (TPSA) is 57.5 Å². The standard InChI is InChI=1S/C29H40O3/c1-2-28(30)26-24-22-20-18-16-14-12-10-8-6-4-3-5-7-9-11-13-15-17-19-21-23-25-27-29(31)32/h1,4,6,21,23-24,26,28,30H,3,5,7-9,11,13-20,22H2,(H,31,32). The van der Waals surface area contributed by atoms with E-state index in [0.29, 0.717) is 0 Å². The van der Waals surface area contributed by atoms with Crippen LogP contribution in [-0.4, -0.2) is 22.3 Å². The van der Waals surface area contributed by atoms with E-state index in [0.717, 1.165) is 57.8 Å². The lowest BCUT2D eigenvalue weighted by atomic mass is 10.1. The van der Waals surface area contributed by atoms with Gasteiger partial charge in [-0.05, 0) is 57.1 Å². The minimum atomic E-state index is -1.08. The number of terminal acetylenes is 1. The molecular weight excluding hydrogens is 396 g/mol. The maximum absolute atomic E-state index is 10.2. The number of aliphatic hydroxyl groups excluding tert-OH is 1. The number of aliphatic hydroxyl groups is 1. The maximum Gasteiger partial charge on any atom is 0.382 e. The third-order valence-corrected chi connectivity index (χ3v) is 4.80. The lowest BCUT2D eigenvalue weighted by Gasteiger charge is -2.00. The normalized spacial score (nSPS) is 11.8. The quantitative estimate of drug-likeness (QED) is 0.154. The third-order valence-electron chi connectivity index (χ3n) is 4.80. The number of allylic oxidation sites excluding steroid dienone is 5. The molecule has 3 nitrogen and oxygen atoms in total. The van der Waals surface area contributed by atoms with E-state index < -0.39 is 12.1 Å². The van der Waals surface area contributed by atoms with Gasteiger partial charge in [0.25, 0.3) is 0 Å². The van der Waals surface area contributed by atoms with Crippen LogP contribution in [0.25, 0.3) is 0 Å². The lowest BCUT2D eigenvalue weighted by molar-refractivity contribution is -0.130. The summed E-state index contributed by atoms with van der Waals surface area (Å²) in [4.78, 5) is 10.2. The van der Waals surface area contributed by atoms with E-state index in [4.69, 9.17) is 11.5 Å². The molecule has 0 radical (unpaired) electrons. The molecule has 3 heteroatoms. The van der Waals surface area contributed by atoms with Gasteiger partial charge in [-0.2, -0.15) is 0 Å². The van der Waals surface area contributed by atoms with Crippen molar-refractivity contribution in [3.63, 3.8) is 0 Å². The molecule has 0 saturated heterocycles. The number of carbonyl (C=O) groups is 1. The third kappa shape index (κ3) is 25.4. The highest BCUT2D eigenvalue weighted by molar-refractivity contribution is 5.86. The van der Waals surface area contributed by atoms with E-state index in [-0.39, 0.29) is 0 Å². The van der Waals surface area contributed by atoms with Gasteiger partial charge in [0, 0.05) is 18.8 Å². The van der Waals surface area contributed by atoms with Crippen LogP contribution in [0, 0.1) is 36.0 Å². The molecule has 0 aromatic carbocycles. The van der Waals surface area contributed by atoms with Crippen LogP contribution in [0.1, 0.15) is 96.3 Å². The highest BCUT2D eigenvalue weighted by Crippen LogP contribution is 2.10. The van der Waals surface area contributed by atoms with E-state index in [1.54, 1.807) is 12.2 Å². The molecule has 0 spiro atoms. The van der Waals surface area contributed by atoms with Crippen molar-refractivity contribution in [1.29, 1.82) is 0 Å². The fourth-order valence-corrected chi connectivity index (χ4v) is 3.01. The van der Waals surface area contributed by atoms with Crippen LogP contribution >= 0.6 is 0 Å². The van der Waals surface area contributed by atoms with E-state index in [1.165, 1.54) is 38.5 Å². The Labute approximate surface area is 196 Å². The molecule has 2 N–H and O–H groups in total. The summed E-state index contributed by atoms with van der Waals surface area (Å²) in [6.07, 6.45) is 33.0. The van der Waals surface area contributed by atoms with E-state index >= 15 is 0 Å². The molecule has 0 amide bonds. The Bertz CT molecular complexity index is 713. The van der Waals surface area contributed by atoms with Gasteiger partial charge in [0.2, 0.25) is 0 Å². The number of hydrogen-bond donors (Lipinski definition) is 2. The SMILES string of the molecule is C#CC(O)C=CCCCCCC#CCC=CCCCCCCCCCC=CC#CC(=O)O. The van der Waals surface area contributed by atoms with Crippen LogP contribution in [0.2, 0.25) is 0 Å². The first-order valence-electron chi connectivity index (χ1n) is 12.0. The highest BCUT2D eigenvalue weighted by atomic mass is 16.4. The number of hydrogen-bond acceptors (Lipinski definition) is 2. The number of aliphatic carboxylic acids is 1. The summed E-state index contributed by atoms with van der Waals surface area (Å²) >= 11 is 0. The Morgan fingerprint density at radius 3 is 2.03 bits per heavy atom. The molecule has 0 rings (SSSR count). The van der Waals surface area contributed by atoms with Crippen LogP contribution in [0.4, 0.5) is 0 Å². The molecule has 0 aromatic heterocycles. The Balaban J connectivity index is 3.35. The molecule has 32 heavy (non-hydrogen) atoms. The first kappa shape index (κ1) is 29.3. The molecule has 174 valence electrons. The monoisotopic (exact) mass is 436 g/mol. The molecule has 0 aromatic rings. The number of carboxylic acid groups (broad SMARTS) is 1. The van der Waals surface area contributed by atoms with Gasteiger partial charge in [-0.25, -0.2) is 4.79 Å². The largest absolute Gasteiger partial charge is 0.472 e. The van der Waals surface area contributed by atoms with Crippen molar-refractivity contribution < 1.29 is 15.0 Å². The first-order chi connectivity index (χ1) is 15.7. The van der Waals surface area contributed by atoms with Gasteiger partial charge in [0.15, 0.2) is 0 Å². The van der Waals surface area contributed by atoms with E-state index in [2.05, 4.69) is 41.8 Å². The molecule has 1 atom stereocenters. The van der Waals surface area contributed by atoms with Crippen molar-refractivity contribution in [3.05, 3.63) is 36.5 Å². The zero-order valence-electron chi connectivity index (χ0n) is 19.5. The van der Waals surface area contributed by atoms with Crippen LogP contribution < -0.4 is 0 Å². The predicted octanol–water partition coefficient (Wildman–Crippen LogP) is 6.59. The van der Waals surface area contributed by atoms with Crippen molar-refractivity contribution in [2.45, 2.75) is 102 Å². The van der Waals surface area contributed by atoms with Gasteiger partial charge in [-0.3, -0.25) is 0 Å². The highest BCUT2D eigenvalue weighted by Gasteiger charge is 1.91. The Hall–Kier alpha value is -2.67. The first-order valence-corrected chi connectivity index (χ1v) is 12.0. The molecule has 0 heterocycles. The second kappa shape index (κ2) is 24.6. The van der Waals surface area contributed by atoms with Crippen LogP contribution in [-0.2, 0) is 4.79 Å². The fourth-order valence-electron chi connectivity index (χ4n) is 3.01. The molecule has 0 fully saturated rings. The number of unbranched alkanes of at least 4 members (excludes halogenated alkanes) is 12. The van der Waals surface area contributed by atoms with Crippen LogP contribution in [0.3, 0.4) is 0 Å². The second-order valence-electron chi connectivity index (χ2n) is 7.70. The van der Waals surface area contributed by atoms with Crippen molar-refractivity contribution in [3.8, 4) is 36.0 Å². The molecule has 0 bridgehead atoms. The molecule has 1 unspecified atom stereocenters. The summed E-state index contributed by atoms with van der Waals surface area (Å²) in [5.41, 5.74) is 0. The molecule has 0 saturated carbocycles. The minimum absolute atomic E-state index is 0.750. The predicted molar refractivity (Wildman–Crippen MR) is 135 cm³/mol. The minimum Gasteiger partial charge on any atom is -0.472 e. The Kier molecular flexibility index (Phi) is 22.5. The average molecular weight is 437 g/mol. The summed E-state index contributed by atoms with van der Waals surface area (Å²) in [5.74, 6) is 12.2. The number of carboxylic acids is 1. The molecule has 0 aliphatic carbocycles. The van der Waals surface area contributed by atoms with Gasteiger partial charge in [0.1, 0.15) is 6.10 Å². The molecule has 0 aliphatic heterocycles. The summed E-state index contributed by atoms with van der Waals surface area (Å²) in [6, 6.07) is 0. The fraction of sp³-hybridized carbons (Fsp3) is 0.552. The average Bonchev–Trinajstić information content (AvgIpc) is 2.78. The van der Waals surface area contributed by atoms with Crippen molar-refractivity contribution in [1.82, 2.24) is 0 Å². The van der Waals surface area contributed by atoms with Crippen LogP contribution in [0.15, 0.2) is 36.5 Å². The van der Waals surface area contributed by atoms with Crippen molar-refractivity contribution in [2.75, 3.05) is 0 Å². The molecular formula is C29H40O3. The summed E-state index contributed by atoms with van der Waals surface area (Å²) < 4.78 is 0. The second-order valence-corrected chi connectivity index (χ2v) is 7.70. The van der Waals surface area contributed by atoms with Gasteiger partial charge >= 0.3 is 5.97 Å². The number of rotatable bonds is 17. The maximum atomic E-state index is 10.2. The van der Waals surface area contributed by atoms with E-state index in [9.17, 15) is 9.90 Å². The van der Waals surface area contributed by atoms with Crippen LogP contribution in [0.5, 0.6) is 0 Å². The Morgan fingerprint density at radius 2 is 1.38 bits per heavy atom. The van der Waals surface area contributed by atoms with Gasteiger partial charge in [0.05, 0.1) is 0 Å². The summed E-state index contributed by atoms with van der Waals surface area (Å²) in [6.45, 7) is 0.